The third-order valence-corrected chi connectivity index (χ3v) is 3.60. The van der Waals surface area contributed by atoms with E-state index in [0.29, 0.717) is 12.1 Å². The highest BCUT2D eigenvalue weighted by Gasteiger charge is 2.17. The number of aryl methyl sites for hydroxylation is 1. The summed E-state index contributed by atoms with van der Waals surface area (Å²) in [5.41, 5.74) is 4.19. The van der Waals surface area contributed by atoms with Crippen molar-refractivity contribution in [2.45, 2.75) is 50.7 Å². The van der Waals surface area contributed by atoms with Crippen molar-refractivity contribution in [1.29, 1.82) is 0 Å². The van der Waals surface area contributed by atoms with E-state index in [1.54, 1.807) is 6.20 Å². The van der Waals surface area contributed by atoms with E-state index < -0.39 is 0 Å². The predicted octanol–water partition coefficient (Wildman–Crippen LogP) is 1.81. The molecule has 1 fully saturated rings. The summed E-state index contributed by atoms with van der Waals surface area (Å²) in [6.07, 6.45) is 10.9. The number of nitrogens with one attached hydrogen (secondary N) is 1. The van der Waals surface area contributed by atoms with Crippen molar-refractivity contribution in [3.05, 3.63) is 30.1 Å². The van der Waals surface area contributed by atoms with Crippen LogP contribution >= 0.6 is 0 Å². The molecule has 4 heteroatoms. The summed E-state index contributed by atoms with van der Waals surface area (Å²) in [7, 11) is 0. The standard InChI is InChI=1S/C14H23N3O/c15-17-13(7-8-14-4-2-10-18-14)6-5-12-3-1-9-16-11-12/h1,3,9,11,13-14,17H,2,4-8,10,15H2. The number of nitrogens with zero attached hydrogens (tertiary/aromatic N) is 1. The molecule has 0 aliphatic carbocycles. The fraction of sp³-hybridized carbons (Fsp3) is 0.643. The number of rotatable bonds is 7. The molecule has 4 nitrogen and oxygen atoms in total. The van der Waals surface area contributed by atoms with Crippen LogP contribution in [0.1, 0.15) is 37.7 Å². The second kappa shape index (κ2) is 7.46. The highest BCUT2D eigenvalue weighted by Crippen LogP contribution is 2.18. The van der Waals surface area contributed by atoms with Crippen molar-refractivity contribution < 1.29 is 4.74 Å². The minimum absolute atomic E-state index is 0.370. The Hall–Kier alpha value is -0.970. The van der Waals surface area contributed by atoms with Gasteiger partial charge in [0.25, 0.3) is 0 Å². The minimum Gasteiger partial charge on any atom is -0.378 e. The van der Waals surface area contributed by atoms with Crippen molar-refractivity contribution in [2.75, 3.05) is 6.61 Å². The molecule has 0 bridgehead atoms. The fourth-order valence-electron chi connectivity index (χ4n) is 2.46. The van der Waals surface area contributed by atoms with Crippen LogP contribution in [0.2, 0.25) is 0 Å². The van der Waals surface area contributed by atoms with Crippen LogP contribution in [0, 0.1) is 0 Å². The van der Waals surface area contributed by atoms with Gasteiger partial charge in [0.05, 0.1) is 6.10 Å². The molecule has 0 spiro atoms. The molecule has 2 atom stereocenters. The van der Waals surface area contributed by atoms with Crippen molar-refractivity contribution in [3.63, 3.8) is 0 Å². The Labute approximate surface area is 109 Å². The van der Waals surface area contributed by atoms with Gasteiger partial charge in [-0.3, -0.25) is 16.3 Å². The van der Waals surface area contributed by atoms with Gasteiger partial charge in [0.15, 0.2) is 0 Å². The molecule has 0 amide bonds. The van der Waals surface area contributed by atoms with Crippen LogP contribution in [0.4, 0.5) is 0 Å². The lowest BCUT2D eigenvalue weighted by atomic mass is 10.0. The Morgan fingerprint density at radius 2 is 2.44 bits per heavy atom. The van der Waals surface area contributed by atoms with Crippen molar-refractivity contribution in [3.8, 4) is 0 Å². The maximum Gasteiger partial charge on any atom is 0.0576 e. The van der Waals surface area contributed by atoms with Gasteiger partial charge in [0.1, 0.15) is 0 Å². The van der Waals surface area contributed by atoms with Crippen LogP contribution < -0.4 is 11.3 Å². The van der Waals surface area contributed by atoms with Crippen molar-refractivity contribution in [1.82, 2.24) is 10.4 Å². The average Bonchev–Trinajstić information content (AvgIpc) is 2.93. The molecule has 1 aromatic rings. The number of pyridine rings is 1. The molecule has 1 aliphatic heterocycles. The van der Waals surface area contributed by atoms with Crippen molar-refractivity contribution >= 4 is 0 Å². The highest BCUT2D eigenvalue weighted by molar-refractivity contribution is 5.08. The van der Waals surface area contributed by atoms with E-state index >= 15 is 0 Å². The molecule has 1 aromatic heterocycles. The van der Waals surface area contributed by atoms with Crippen LogP contribution in [0.25, 0.3) is 0 Å². The van der Waals surface area contributed by atoms with E-state index in [1.807, 2.05) is 12.3 Å². The summed E-state index contributed by atoms with van der Waals surface area (Å²) >= 11 is 0. The third-order valence-electron chi connectivity index (χ3n) is 3.60. The van der Waals surface area contributed by atoms with Gasteiger partial charge < -0.3 is 4.74 Å². The van der Waals surface area contributed by atoms with Crippen LogP contribution in [0.5, 0.6) is 0 Å². The van der Waals surface area contributed by atoms with E-state index in [1.165, 1.54) is 18.4 Å². The Morgan fingerprint density at radius 1 is 1.50 bits per heavy atom. The Balaban J connectivity index is 1.68. The zero-order chi connectivity index (χ0) is 12.6. The number of hydrogen-bond donors (Lipinski definition) is 2. The molecule has 100 valence electrons. The zero-order valence-electron chi connectivity index (χ0n) is 10.8. The molecule has 3 N–H and O–H groups in total. The Kier molecular flexibility index (Phi) is 5.58. The molecule has 18 heavy (non-hydrogen) atoms. The van der Waals surface area contributed by atoms with E-state index in [2.05, 4.69) is 16.5 Å². The fourth-order valence-corrected chi connectivity index (χ4v) is 2.46. The van der Waals surface area contributed by atoms with Gasteiger partial charge in [-0.2, -0.15) is 0 Å². The van der Waals surface area contributed by atoms with Crippen LogP contribution in [-0.2, 0) is 11.2 Å². The SMILES string of the molecule is NNC(CCc1cccnc1)CCC1CCCO1. The third kappa shape index (κ3) is 4.37. The molecule has 1 saturated heterocycles. The number of ether oxygens (including phenoxy) is 1. The second-order valence-electron chi connectivity index (χ2n) is 4.98. The van der Waals surface area contributed by atoms with Crippen LogP contribution in [0.3, 0.4) is 0 Å². The second-order valence-corrected chi connectivity index (χ2v) is 4.98. The molecule has 2 heterocycles. The first-order chi connectivity index (χ1) is 8.88. The van der Waals surface area contributed by atoms with Gasteiger partial charge in [-0.1, -0.05) is 6.07 Å². The first-order valence-corrected chi connectivity index (χ1v) is 6.85. The molecule has 0 saturated carbocycles. The summed E-state index contributed by atoms with van der Waals surface area (Å²) in [5.74, 6) is 5.62. The van der Waals surface area contributed by atoms with E-state index in [4.69, 9.17) is 10.6 Å². The minimum atomic E-state index is 0.370. The molecule has 0 radical (unpaired) electrons. The normalized spacial score (nSPS) is 21.1. The van der Waals surface area contributed by atoms with Gasteiger partial charge in [-0.15, -0.1) is 0 Å². The predicted molar refractivity (Wildman–Crippen MR) is 71.9 cm³/mol. The average molecular weight is 249 g/mol. The van der Waals surface area contributed by atoms with Gasteiger partial charge in [-0.25, -0.2) is 0 Å². The van der Waals surface area contributed by atoms with E-state index in [0.717, 1.165) is 32.3 Å². The largest absolute Gasteiger partial charge is 0.378 e. The molecule has 0 aromatic carbocycles. The van der Waals surface area contributed by atoms with Crippen molar-refractivity contribution in [2.24, 2.45) is 5.84 Å². The monoisotopic (exact) mass is 249 g/mol. The summed E-state index contributed by atoms with van der Waals surface area (Å²) in [4.78, 5) is 4.13. The summed E-state index contributed by atoms with van der Waals surface area (Å²) in [6, 6.07) is 4.46. The molecule has 1 aliphatic rings. The van der Waals surface area contributed by atoms with Gasteiger partial charge in [0, 0.05) is 25.0 Å². The quantitative estimate of drug-likeness (QED) is 0.571. The summed E-state index contributed by atoms with van der Waals surface area (Å²) < 4.78 is 5.63. The topological polar surface area (TPSA) is 60.2 Å². The highest BCUT2D eigenvalue weighted by atomic mass is 16.5. The number of nitrogens with two attached hydrogens (primary N) is 1. The molecular formula is C14H23N3O. The van der Waals surface area contributed by atoms with Gasteiger partial charge in [0.2, 0.25) is 0 Å². The van der Waals surface area contributed by atoms with Gasteiger partial charge >= 0.3 is 0 Å². The molecule has 2 unspecified atom stereocenters. The smallest absolute Gasteiger partial charge is 0.0576 e. The van der Waals surface area contributed by atoms with Gasteiger partial charge in [-0.05, 0) is 50.2 Å². The first-order valence-electron chi connectivity index (χ1n) is 6.85. The molecular weight excluding hydrogens is 226 g/mol. The number of aromatic nitrogens is 1. The van der Waals surface area contributed by atoms with E-state index in [-0.39, 0.29) is 0 Å². The van der Waals surface area contributed by atoms with Crippen LogP contribution in [0.15, 0.2) is 24.5 Å². The maximum absolute atomic E-state index is 5.63. The number of hydrazine groups is 1. The zero-order valence-corrected chi connectivity index (χ0v) is 10.8. The van der Waals surface area contributed by atoms with Crippen LogP contribution in [-0.4, -0.2) is 23.7 Å². The van der Waals surface area contributed by atoms with E-state index in [9.17, 15) is 0 Å². The lowest BCUT2D eigenvalue weighted by Gasteiger charge is -2.17. The Morgan fingerprint density at radius 3 is 3.11 bits per heavy atom. The lowest BCUT2D eigenvalue weighted by molar-refractivity contribution is 0.0993. The Bertz CT molecular complexity index is 325. The maximum atomic E-state index is 5.63. The lowest BCUT2D eigenvalue weighted by Crippen LogP contribution is -2.36. The molecule has 2 rings (SSSR count). The summed E-state index contributed by atoms with van der Waals surface area (Å²) in [6.45, 7) is 0.932. The summed E-state index contributed by atoms with van der Waals surface area (Å²) in [5, 5.41) is 0. The number of hydrogen-bond acceptors (Lipinski definition) is 4. The first kappa shape index (κ1) is 13.5.